The van der Waals surface area contributed by atoms with Crippen molar-refractivity contribution in [1.82, 2.24) is 30.0 Å². The Morgan fingerprint density at radius 3 is 2.31 bits per heavy atom. The van der Waals surface area contributed by atoms with Crippen molar-refractivity contribution in [3.63, 3.8) is 0 Å². The molecule has 3 aromatic heterocycles. The SMILES string of the molecule is CC.CC.CC.CC.C\C=C/C=C(\C=C/C)Oc1ccc(-c2nn(C3CCNC3)c3ncnc(N)c23)c(F)n1. The first-order valence-corrected chi connectivity index (χ1v) is 14.1. The molecule has 0 amide bonds. The van der Waals surface area contributed by atoms with E-state index >= 15 is 4.39 Å². The Labute approximate surface area is 234 Å². The predicted octanol–water partition coefficient (Wildman–Crippen LogP) is 7.66. The minimum atomic E-state index is -0.706. The van der Waals surface area contributed by atoms with Gasteiger partial charge in [0.25, 0.3) is 0 Å². The van der Waals surface area contributed by atoms with Crippen LogP contribution in [0.1, 0.15) is 81.7 Å². The maximum atomic E-state index is 15.1. The first-order chi connectivity index (χ1) is 19.1. The summed E-state index contributed by atoms with van der Waals surface area (Å²) < 4.78 is 22.6. The average molecular weight is 542 g/mol. The van der Waals surface area contributed by atoms with Crippen LogP contribution in [0.15, 0.2) is 54.6 Å². The molecule has 1 unspecified atom stereocenters. The Kier molecular flexibility index (Phi) is 18.5. The Bertz CT molecular complexity index is 1180. The summed E-state index contributed by atoms with van der Waals surface area (Å²) in [7, 11) is 0. The monoisotopic (exact) mass is 541 g/mol. The normalized spacial score (nSPS) is 14.4. The van der Waals surface area contributed by atoms with Gasteiger partial charge in [0, 0.05) is 12.6 Å². The van der Waals surface area contributed by atoms with Crippen LogP contribution in [0.2, 0.25) is 0 Å². The van der Waals surface area contributed by atoms with E-state index in [-0.39, 0.29) is 23.3 Å². The van der Waals surface area contributed by atoms with E-state index in [1.54, 1.807) is 29.0 Å². The lowest BCUT2D eigenvalue weighted by molar-refractivity contribution is 0.414. The Balaban J connectivity index is 0.00000166. The highest BCUT2D eigenvalue weighted by molar-refractivity contribution is 5.98. The topological polar surface area (TPSA) is 104 Å². The molecule has 9 heteroatoms. The molecule has 0 radical (unpaired) electrons. The second kappa shape index (κ2) is 20.4. The smallest absolute Gasteiger partial charge is 0.225 e. The number of halogens is 1. The molecule has 1 aliphatic heterocycles. The van der Waals surface area contributed by atoms with E-state index in [4.69, 9.17) is 10.5 Å². The van der Waals surface area contributed by atoms with Gasteiger partial charge in [-0.1, -0.05) is 73.6 Å². The summed E-state index contributed by atoms with van der Waals surface area (Å²) in [6.07, 6.45) is 11.4. The number of ether oxygens (including phenoxy) is 1. The number of aromatic nitrogens is 5. The second-order valence-corrected chi connectivity index (χ2v) is 7.08. The van der Waals surface area contributed by atoms with Crippen LogP contribution in [0.5, 0.6) is 5.88 Å². The fraction of sp³-hybridized carbons (Fsp3) is 0.467. The van der Waals surface area contributed by atoms with Gasteiger partial charge in [-0.3, -0.25) is 0 Å². The molecule has 8 nitrogen and oxygen atoms in total. The number of hydrogen-bond donors (Lipinski definition) is 2. The van der Waals surface area contributed by atoms with E-state index in [9.17, 15) is 0 Å². The predicted molar refractivity (Wildman–Crippen MR) is 163 cm³/mol. The van der Waals surface area contributed by atoms with Gasteiger partial charge < -0.3 is 15.8 Å². The first-order valence-electron chi connectivity index (χ1n) is 14.1. The van der Waals surface area contributed by atoms with Crippen molar-refractivity contribution in [2.24, 2.45) is 0 Å². The lowest BCUT2D eigenvalue weighted by Crippen LogP contribution is -2.15. The molecule has 1 fully saturated rings. The molecule has 3 aromatic rings. The van der Waals surface area contributed by atoms with E-state index < -0.39 is 5.95 Å². The number of fused-ring (bicyclic) bond motifs is 1. The van der Waals surface area contributed by atoms with Crippen LogP contribution in [0.4, 0.5) is 10.2 Å². The van der Waals surface area contributed by atoms with Crippen LogP contribution in [0.3, 0.4) is 0 Å². The number of anilines is 1. The summed E-state index contributed by atoms with van der Waals surface area (Å²) in [5, 5.41) is 8.49. The maximum Gasteiger partial charge on any atom is 0.225 e. The molecule has 4 rings (SSSR count). The van der Waals surface area contributed by atoms with Gasteiger partial charge in [0.2, 0.25) is 11.8 Å². The van der Waals surface area contributed by atoms with E-state index in [1.165, 1.54) is 6.33 Å². The van der Waals surface area contributed by atoms with Gasteiger partial charge in [-0.25, -0.2) is 14.6 Å². The summed E-state index contributed by atoms with van der Waals surface area (Å²) >= 11 is 0. The van der Waals surface area contributed by atoms with Crippen molar-refractivity contribution >= 4 is 16.9 Å². The third kappa shape index (κ3) is 9.58. The van der Waals surface area contributed by atoms with E-state index in [0.717, 1.165) is 19.5 Å². The minimum absolute atomic E-state index is 0.115. The van der Waals surface area contributed by atoms with Crippen LogP contribution in [0.25, 0.3) is 22.3 Å². The molecule has 3 N–H and O–H groups in total. The number of nitrogens with one attached hydrogen (secondary N) is 1. The molecule has 1 aliphatic rings. The number of pyridine rings is 1. The van der Waals surface area contributed by atoms with Crippen LogP contribution in [0, 0.1) is 5.95 Å². The fourth-order valence-electron chi connectivity index (χ4n) is 3.54. The molecule has 0 aliphatic carbocycles. The zero-order valence-electron chi connectivity index (χ0n) is 25.4. The fourth-order valence-corrected chi connectivity index (χ4v) is 3.54. The third-order valence-corrected chi connectivity index (χ3v) is 4.98. The van der Waals surface area contributed by atoms with E-state index in [2.05, 4.69) is 25.4 Å². The molecule has 1 saturated heterocycles. The molecule has 4 heterocycles. The van der Waals surface area contributed by atoms with Crippen molar-refractivity contribution in [2.45, 2.75) is 81.7 Å². The molecule has 39 heavy (non-hydrogen) atoms. The van der Waals surface area contributed by atoms with E-state index in [0.29, 0.717) is 22.5 Å². The largest absolute Gasteiger partial charge is 0.439 e. The van der Waals surface area contributed by atoms with Gasteiger partial charge in [0.15, 0.2) is 5.65 Å². The Morgan fingerprint density at radius 1 is 1.05 bits per heavy atom. The van der Waals surface area contributed by atoms with Gasteiger partial charge in [0.1, 0.15) is 23.6 Å². The number of allylic oxidation sites excluding steroid dienone is 5. The van der Waals surface area contributed by atoms with Gasteiger partial charge in [-0.15, -0.1) is 0 Å². The molecule has 0 aromatic carbocycles. The molecule has 0 spiro atoms. The van der Waals surface area contributed by atoms with Gasteiger partial charge >= 0.3 is 0 Å². The van der Waals surface area contributed by atoms with Crippen LogP contribution in [-0.4, -0.2) is 37.8 Å². The van der Waals surface area contributed by atoms with Gasteiger partial charge in [-0.05, 0) is 45.0 Å². The molecular weight excluding hydrogens is 493 g/mol. The number of nitrogens with two attached hydrogens (primary N) is 1. The number of nitrogens with zero attached hydrogens (tertiary/aromatic N) is 5. The molecule has 216 valence electrons. The highest BCUT2D eigenvalue weighted by Crippen LogP contribution is 2.34. The summed E-state index contributed by atoms with van der Waals surface area (Å²) in [6, 6.07) is 3.31. The highest BCUT2D eigenvalue weighted by Gasteiger charge is 2.26. The number of hydrogen-bond acceptors (Lipinski definition) is 7. The molecular formula is C30H48FN7O. The molecule has 0 saturated carbocycles. The van der Waals surface area contributed by atoms with Crippen LogP contribution >= 0.6 is 0 Å². The Hall–Kier alpha value is -3.59. The van der Waals surface area contributed by atoms with E-state index in [1.807, 2.05) is 87.5 Å². The maximum absolute atomic E-state index is 15.1. The van der Waals surface area contributed by atoms with Crippen molar-refractivity contribution in [3.8, 4) is 17.1 Å². The average Bonchev–Trinajstić information content (AvgIpc) is 3.65. The lowest BCUT2D eigenvalue weighted by atomic mass is 10.1. The van der Waals surface area contributed by atoms with Crippen LogP contribution in [-0.2, 0) is 0 Å². The zero-order chi connectivity index (χ0) is 29.8. The summed E-state index contributed by atoms with van der Waals surface area (Å²) in [4.78, 5) is 12.4. The summed E-state index contributed by atoms with van der Waals surface area (Å²) in [5.74, 6) is 0.230. The molecule has 0 bridgehead atoms. The summed E-state index contributed by atoms with van der Waals surface area (Å²) in [5.41, 5.74) is 7.29. The van der Waals surface area contributed by atoms with Crippen molar-refractivity contribution in [2.75, 3.05) is 18.8 Å². The molecule has 1 atom stereocenters. The Morgan fingerprint density at radius 2 is 1.74 bits per heavy atom. The standard InChI is InChI=1S/C22H24FN7O.4C2H6/c1-3-5-7-15(6-4-2)31-17-9-8-16(20(23)28-17)19-18-21(24)26-13-27-22(18)30(29-19)14-10-11-25-12-14;4*1-2/h3-9,13-14,25H,10-12H2,1-2H3,(H2,24,26,27);4*1-2H3/b5-3-,6-4-,15-7+;;;;. The number of rotatable bonds is 6. The van der Waals surface area contributed by atoms with Gasteiger partial charge in [0.05, 0.1) is 17.0 Å². The van der Waals surface area contributed by atoms with Crippen molar-refractivity contribution in [3.05, 3.63) is 60.5 Å². The van der Waals surface area contributed by atoms with Crippen molar-refractivity contribution < 1.29 is 9.13 Å². The van der Waals surface area contributed by atoms with Gasteiger partial charge in [-0.2, -0.15) is 14.5 Å². The lowest BCUT2D eigenvalue weighted by Gasteiger charge is -2.09. The first kappa shape index (κ1) is 35.4. The van der Waals surface area contributed by atoms with Crippen LogP contribution < -0.4 is 15.8 Å². The third-order valence-electron chi connectivity index (χ3n) is 4.98. The number of nitrogen functional groups attached to an aromatic ring is 1. The summed E-state index contributed by atoms with van der Waals surface area (Å²) in [6.45, 7) is 21.4. The van der Waals surface area contributed by atoms with Crippen molar-refractivity contribution in [1.29, 1.82) is 0 Å². The second-order valence-electron chi connectivity index (χ2n) is 7.08. The zero-order valence-corrected chi connectivity index (χ0v) is 25.4. The quantitative estimate of drug-likeness (QED) is 0.187. The highest BCUT2D eigenvalue weighted by atomic mass is 19.1. The minimum Gasteiger partial charge on any atom is -0.439 e.